The molecule has 5 nitrogen and oxygen atoms in total. The van der Waals surface area contributed by atoms with Crippen molar-refractivity contribution in [2.45, 2.75) is 0 Å². The minimum absolute atomic E-state index is 0.127. The van der Waals surface area contributed by atoms with Crippen LogP contribution in [0.3, 0.4) is 0 Å². The highest BCUT2D eigenvalue weighted by Crippen LogP contribution is 2.27. The molecule has 1 atom stereocenters. The van der Waals surface area contributed by atoms with Gasteiger partial charge < -0.3 is 14.0 Å². The van der Waals surface area contributed by atoms with Crippen molar-refractivity contribution in [3.63, 3.8) is 0 Å². The van der Waals surface area contributed by atoms with Gasteiger partial charge in [0, 0.05) is 27.9 Å². The van der Waals surface area contributed by atoms with E-state index in [0.29, 0.717) is 22.2 Å². The molecule has 8 heteroatoms. The second kappa shape index (κ2) is 7.60. The summed E-state index contributed by atoms with van der Waals surface area (Å²) < 4.78 is 42.1. The number of halogens is 2. The van der Waals surface area contributed by atoms with Crippen LogP contribution < -0.4 is 9.46 Å². The van der Waals surface area contributed by atoms with Gasteiger partial charge in [0.25, 0.3) is 0 Å². The van der Waals surface area contributed by atoms with Gasteiger partial charge in [0.2, 0.25) is 0 Å². The fourth-order valence-electron chi connectivity index (χ4n) is 2.12. The van der Waals surface area contributed by atoms with Crippen LogP contribution in [-0.4, -0.2) is 13.7 Å². The standard InChI is InChI=1S/C17H12ClFN2O3S/c18-12-9-16(20-17(10-12)21-25(22)23)11-1-5-14(6-2-11)24-15-7-3-13(19)4-8-15/h1-10H,(H,20,21)(H,22,23)/p-1. The molecule has 1 aromatic heterocycles. The zero-order valence-electron chi connectivity index (χ0n) is 12.6. The molecule has 0 spiro atoms. The van der Waals surface area contributed by atoms with Crippen molar-refractivity contribution in [3.8, 4) is 22.8 Å². The molecule has 0 fully saturated rings. The molecule has 3 rings (SSSR count). The normalized spacial score (nSPS) is 11.8. The molecule has 0 amide bonds. The first-order valence-corrected chi connectivity index (χ1v) is 8.52. The van der Waals surface area contributed by atoms with Crippen molar-refractivity contribution >= 4 is 28.7 Å². The molecule has 1 heterocycles. The molecule has 0 aliphatic rings. The van der Waals surface area contributed by atoms with Gasteiger partial charge in [0.15, 0.2) is 0 Å². The Bertz CT molecular complexity index is 905. The molecule has 128 valence electrons. The molecule has 0 radical (unpaired) electrons. The number of anilines is 1. The van der Waals surface area contributed by atoms with Crippen molar-refractivity contribution in [1.29, 1.82) is 0 Å². The summed E-state index contributed by atoms with van der Waals surface area (Å²) in [6.07, 6.45) is 0. The van der Waals surface area contributed by atoms with E-state index < -0.39 is 11.3 Å². The number of hydrogen-bond acceptors (Lipinski definition) is 4. The summed E-state index contributed by atoms with van der Waals surface area (Å²) in [5.41, 5.74) is 1.24. The van der Waals surface area contributed by atoms with Gasteiger partial charge in [-0.15, -0.1) is 0 Å². The smallest absolute Gasteiger partial charge is 0.139 e. The number of aromatic nitrogens is 1. The summed E-state index contributed by atoms with van der Waals surface area (Å²) in [7, 11) is 0. The van der Waals surface area contributed by atoms with Gasteiger partial charge in [-0.3, -0.25) is 4.21 Å². The summed E-state index contributed by atoms with van der Waals surface area (Å²) in [5, 5.41) is 0.351. The average Bonchev–Trinajstić information content (AvgIpc) is 2.56. The van der Waals surface area contributed by atoms with E-state index in [9.17, 15) is 13.2 Å². The highest BCUT2D eigenvalue weighted by atomic mass is 35.5. The SMILES string of the molecule is O=S([O-])Nc1cc(Cl)cc(-c2ccc(Oc3ccc(F)cc3)cc2)n1. The van der Waals surface area contributed by atoms with E-state index in [2.05, 4.69) is 9.71 Å². The van der Waals surface area contributed by atoms with Gasteiger partial charge in [0.05, 0.1) is 5.69 Å². The summed E-state index contributed by atoms with van der Waals surface area (Å²) in [6, 6.07) is 15.7. The Morgan fingerprint density at radius 3 is 2.24 bits per heavy atom. The maximum Gasteiger partial charge on any atom is 0.139 e. The van der Waals surface area contributed by atoms with Crippen LogP contribution in [-0.2, 0) is 11.3 Å². The van der Waals surface area contributed by atoms with E-state index in [1.165, 1.54) is 30.3 Å². The monoisotopic (exact) mass is 377 g/mol. The lowest BCUT2D eigenvalue weighted by atomic mass is 10.1. The first-order chi connectivity index (χ1) is 12.0. The van der Waals surface area contributed by atoms with Crippen LogP contribution in [0.1, 0.15) is 0 Å². The number of nitrogens with zero attached hydrogens (tertiary/aromatic N) is 1. The van der Waals surface area contributed by atoms with E-state index >= 15 is 0 Å². The second-order valence-corrected chi connectivity index (χ2v) is 6.08. The lowest BCUT2D eigenvalue weighted by molar-refractivity contribution is 0.480. The highest BCUT2D eigenvalue weighted by Gasteiger charge is 2.06. The minimum Gasteiger partial charge on any atom is -0.755 e. The summed E-state index contributed by atoms with van der Waals surface area (Å²) >= 11 is 3.51. The number of hydrogen-bond donors (Lipinski definition) is 1. The Morgan fingerprint density at radius 1 is 1.04 bits per heavy atom. The zero-order chi connectivity index (χ0) is 17.8. The van der Waals surface area contributed by atoms with Crippen molar-refractivity contribution in [2.75, 3.05) is 4.72 Å². The lowest BCUT2D eigenvalue weighted by Crippen LogP contribution is -2.04. The predicted octanol–water partition coefficient (Wildman–Crippen LogP) is 4.54. The quantitative estimate of drug-likeness (QED) is 0.662. The van der Waals surface area contributed by atoms with Gasteiger partial charge in [-0.25, -0.2) is 9.37 Å². The maximum absolute atomic E-state index is 12.9. The average molecular weight is 378 g/mol. The first-order valence-electron chi connectivity index (χ1n) is 7.07. The van der Waals surface area contributed by atoms with E-state index in [1.54, 1.807) is 30.3 Å². The Hall–Kier alpha value is -2.48. The predicted molar refractivity (Wildman–Crippen MR) is 93.7 cm³/mol. The van der Waals surface area contributed by atoms with E-state index in [4.69, 9.17) is 16.3 Å². The topological polar surface area (TPSA) is 74.3 Å². The second-order valence-electron chi connectivity index (χ2n) is 4.97. The van der Waals surface area contributed by atoms with Gasteiger partial charge in [-0.05, 0) is 54.6 Å². The number of pyridine rings is 1. The maximum atomic E-state index is 12.9. The minimum atomic E-state index is -2.49. The fraction of sp³-hybridized carbons (Fsp3) is 0. The molecule has 3 aromatic rings. The number of rotatable bonds is 5. The molecule has 0 saturated heterocycles. The van der Waals surface area contributed by atoms with E-state index in [0.717, 1.165) is 5.56 Å². The van der Waals surface area contributed by atoms with Crippen molar-refractivity contribution < 1.29 is 17.9 Å². The number of benzene rings is 2. The highest BCUT2D eigenvalue weighted by molar-refractivity contribution is 7.80. The van der Waals surface area contributed by atoms with Crippen LogP contribution in [0.2, 0.25) is 5.02 Å². The first kappa shape index (κ1) is 17.3. The molecule has 2 aromatic carbocycles. The summed E-state index contributed by atoms with van der Waals surface area (Å²) in [5.74, 6) is 0.872. The summed E-state index contributed by atoms with van der Waals surface area (Å²) in [6.45, 7) is 0. The Morgan fingerprint density at radius 2 is 1.64 bits per heavy atom. The Kier molecular flexibility index (Phi) is 5.28. The van der Waals surface area contributed by atoms with E-state index in [-0.39, 0.29) is 11.6 Å². The number of ether oxygens (including phenoxy) is 1. The van der Waals surface area contributed by atoms with Crippen molar-refractivity contribution in [1.82, 2.24) is 4.98 Å². The summed E-state index contributed by atoms with van der Waals surface area (Å²) in [4.78, 5) is 4.20. The largest absolute Gasteiger partial charge is 0.755 e. The third-order valence-electron chi connectivity index (χ3n) is 3.18. The van der Waals surface area contributed by atoms with Gasteiger partial charge in [-0.2, -0.15) is 0 Å². The van der Waals surface area contributed by atoms with Gasteiger partial charge >= 0.3 is 0 Å². The Balaban J connectivity index is 1.81. The molecule has 25 heavy (non-hydrogen) atoms. The van der Waals surface area contributed by atoms with Crippen LogP contribution in [0.5, 0.6) is 11.5 Å². The Labute approximate surface area is 150 Å². The molecule has 0 aliphatic carbocycles. The van der Waals surface area contributed by atoms with Crippen molar-refractivity contribution in [2.24, 2.45) is 0 Å². The molecule has 0 saturated carbocycles. The van der Waals surface area contributed by atoms with Crippen LogP contribution >= 0.6 is 11.6 Å². The third-order valence-corrected chi connectivity index (χ3v) is 3.77. The van der Waals surface area contributed by atoms with E-state index in [1.807, 2.05) is 0 Å². The van der Waals surface area contributed by atoms with Crippen LogP contribution in [0.25, 0.3) is 11.3 Å². The zero-order valence-corrected chi connectivity index (χ0v) is 14.2. The number of nitrogens with one attached hydrogen (secondary N) is 1. The van der Waals surface area contributed by atoms with Crippen LogP contribution in [0.4, 0.5) is 10.2 Å². The molecule has 0 aliphatic heterocycles. The molecular weight excluding hydrogens is 367 g/mol. The van der Waals surface area contributed by atoms with Crippen LogP contribution in [0, 0.1) is 5.82 Å². The fourth-order valence-corrected chi connectivity index (χ4v) is 2.60. The van der Waals surface area contributed by atoms with Gasteiger partial charge in [-0.1, -0.05) is 11.6 Å². The van der Waals surface area contributed by atoms with Crippen molar-refractivity contribution in [3.05, 3.63) is 71.5 Å². The molecular formula is C17H11ClFN2O3S-. The molecule has 1 unspecified atom stereocenters. The molecule has 1 N–H and O–H groups in total. The van der Waals surface area contributed by atoms with Crippen LogP contribution in [0.15, 0.2) is 60.7 Å². The third kappa shape index (κ3) is 4.76. The lowest BCUT2D eigenvalue weighted by Gasteiger charge is -2.11. The van der Waals surface area contributed by atoms with Gasteiger partial charge in [0.1, 0.15) is 23.1 Å². The molecule has 0 bridgehead atoms.